The summed E-state index contributed by atoms with van der Waals surface area (Å²) < 4.78 is 5.08. The van der Waals surface area contributed by atoms with Crippen molar-refractivity contribution in [1.29, 1.82) is 0 Å². The number of aryl methyl sites for hydroxylation is 2. The highest BCUT2D eigenvalue weighted by Gasteiger charge is 2.16. The first-order valence-electron chi connectivity index (χ1n) is 7.75. The second kappa shape index (κ2) is 7.64. The summed E-state index contributed by atoms with van der Waals surface area (Å²) in [6.45, 7) is 6.09. The number of hydrogen-bond donors (Lipinski definition) is 1. The normalized spacial score (nSPS) is 10.3. The zero-order chi connectivity index (χ0) is 17.7. The summed E-state index contributed by atoms with van der Waals surface area (Å²) in [4.78, 5) is 25.0. The lowest BCUT2D eigenvalue weighted by Crippen LogP contribution is -2.30. The summed E-state index contributed by atoms with van der Waals surface area (Å²) in [7, 11) is 0. The quantitative estimate of drug-likeness (QED) is 0.882. The molecule has 5 heteroatoms. The molecule has 0 saturated heterocycles. The second-order valence-corrected chi connectivity index (χ2v) is 5.60. The van der Waals surface area contributed by atoms with E-state index in [1.165, 1.54) is 0 Å². The number of amides is 1. The Morgan fingerprint density at radius 3 is 2.12 bits per heavy atom. The van der Waals surface area contributed by atoms with E-state index in [2.05, 4.69) is 6.07 Å². The smallest absolute Gasteiger partial charge is 0.341 e. The predicted molar refractivity (Wildman–Crippen MR) is 92.8 cm³/mol. The van der Waals surface area contributed by atoms with Crippen LogP contribution < -0.4 is 9.64 Å². The van der Waals surface area contributed by atoms with Gasteiger partial charge >= 0.3 is 5.97 Å². The zero-order valence-corrected chi connectivity index (χ0v) is 14.1. The summed E-state index contributed by atoms with van der Waals surface area (Å²) in [6, 6.07) is 12.5. The fraction of sp³-hybridized carbons (Fsp3) is 0.263. The molecule has 0 heterocycles. The first-order valence-corrected chi connectivity index (χ1v) is 7.75. The van der Waals surface area contributed by atoms with Crippen molar-refractivity contribution in [2.75, 3.05) is 18.1 Å². The number of carbonyl (C=O) groups is 2. The van der Waals surface area contributed by atoms with Crippen LogP contribution in [0.4, 0.5) is 5.69 Å². The van der Waals surface area contributed by atoms with E-state index in [9.17, 15) is 9.59 Å². The number of benzene rings is 2. The van der Waals surface area contributed by atoms with Crippen LogP contribution in [0.25, 0.3) is 0 Å². The van der Waals surface area contributed by atoms with Gasteiger partial charge in [0.15, 0.2) is 6.61 Å². The molecule has 0 aromatic heterocycles. The Balaban J connectivity index is 2.20. The van der Waals surface area contributed by atoms with Gasteiger partial charge in [-0.15, -0.1) is 0 Å². The van der Waals surface area contributed by atoms with E-state index >= 15 is 0 Å². The van der Waals surface area contributed by atoms with Gasteiger partial charge in [0.2, 0.25) is 0 Å². The number of carboxylic acid groups (broad SMARTS) is 1. The van der Waals surface area contributed by atoms with Gasteiger partial charge in [0, 0.05) is 17.8 Å². The lowest BCUT2D eigenvalue weighted by atomic mass is 10.1. The maximum atomic E-state index is 12.8. The summed E-state index contributed by atoms with van der Waals surface area (Å²) in [5, 5.41) is 8.61. The Morgan fingerprint density at radius 2 is 1.62 bits per heavy atom. The molecule has 0 aliphatic heterocycles. The molecule has 0 unspecified atom stereocenters. The van der Waals surface area contributed by atoms with E-state index < -0.39 is 12.6 Å². The molecule has 1 N–H and O–H groups in total. The molecule has 1 amide bonds. The van der Waals surface area contributed by atoms with Crippen LogP contribution in [0.5, 0.6) is 5.75 Å². The topological polar surface area (TPSA) is 66.8 Å². The van der Waals surface area contributed by atoms with Gasteiger partial charge in [-0.3, -0.25) is 4.79 Å². The molecule has 2 aromatic rings. The third kappa shape index (κ3) is 4.35. The molecule has 24 heavy (non-hydrogen) atoms. The zero-order valence-electron chi connectivity index (χ0n) is 14.1. The van der Waals surface area contributed by atoms with Crippen molar-refractivity contribution in [1.82, 2.24) is 0 Å². The Bertz CT molecular complexity index is 717. The second-order valence-electron chi connectivity index (χ2n) is 5.60. The average molecular weight is 327 g/mol. The first-order chi connectivity index (χ1) is 11.4. The van der Waals surface area contributed by atoms with Crippen LogP contribution in [0.1, 0.15) is 28.4 Å². The van der Waals surface area contributed by atoms with Crippen molar-refractivity contribution in [3.63, 3.8) is 0 Å². The number of hydrogen-bond acceptors (Lipinski definition) is 3. The highest BCUT2D eigenvalue weighted by Crippen LogP contribution is 2.22. The van der Waals surface area contributed by atoms with Crippen molar-refractivity contribution >= 4 is 17.6 Å². The minimum atomic E-state index is -1.04. The van der Waals surface area contributed by atoms with E-state index in [0.717, 1.165) is 16.8 Å². The maximum absolute atomic E-state index is 12.8. The molecular formula is C19H21NO4. The van der Waals surface area contributed by atoms with Crippen molar-refractivity contribution in [2.45, 2.75) is 20.8 Å². The van der Waals surface area contributed by atoms with Crippen LogP contribution in [0, 0.1) is 13.8 Å². The summed E-state index contributed by atoms with van der Waals surface area (Å²) >= 11 is 0. The first kappa shape index (κ1) is 17.5. The molecule has 126 valence electrons. The summed E-state index contributed by atoms with van der Waals surface area (Å²) in [6.07, 6.45) is 0. The Kier molecular flexibility index (Phi) is 5.58. The largest absolute Gasteiger partial charge is 0.482 e. The standard InChI is InChI=1S/C19H21NO4/c1-4-20(16-10-13(2)9-14(3)11-16)19(23)15-5-7-17(8-6-15)24-12-18(21)22/h5-11H,4,12H2,1-3H3,(H,21,22). The third-order valence-electron chi connectivity index (χ3n) is 3.54. The van der Waals surface area contributed by atoms with E-state index in [-0.39, 0.29) is 5.91 Å². The molecule has 0 aliphatic rings. The Hall–Kier alpha value is -2.82. The molecule has 5 nitrogen and oxygen atoms in total. The van der Waals surface area contributed by atoms with Gasteiger partial charge in [-0.25, -0.2) is 4.79 Å². The summed E-state index contributed by atoms with van der Waals surface area (Å²) in [5.41, 5.74) is 3.60. The number of rotatable bonds is 6. The predicted octanol–water partition coefficient (Wildman–Crippen LogP) is 3.43. The highest BCUT2D eigenvalue weighted by molar-refractivity contribution is 6.06. The van der Waals surface area contributed by atoms with Crippen LogP contribution >= 0.6 is 0 Å². The highest BCUT2D eigenvalue weighted by atomic mass is 16.5. The molecular weight excluding hydrogens is 306 g/mol. The van der Waals surface area contributed by atoms with Gasteiger partial charge in [-0.05, 0) is 68.3 Å². The lowest BCUT2D eigenvalue weighted by Gasteiger charge is -2.22. The van der Waals surface area contributed by atoms with Crippen LogP contribution in [0.2, 0.25) is 0 Å². The summed E-state index contributed by atoms with van der Waals surface area (Å²) in [5.74, 6) is -0.724. The van der Waals surface area contributed by atoms with Gasteiger partial charge in [-0.2, -0.15) is 0 Å². The van der Waals surface area contributed by atoms with Gasteiger partial charge in [0.25, 0.3) is 5.91 Å². The number of anilines is 1. The van der Waals surface area contributed by atoms with Crippen molar-refractivity contribution in [2.24, 2.45) is 0 Å². The van der Waals surface area contributed by atoms with Gasteiger partial charge in [0.05, 0.1) is 0 Å². The molecule has 2 rings (SSSR count). The van der Waals surface area contributed by atoms with Crippen LogP contribution in [-0.2, 0) is 4.79 Å². The number of carbonyl (C=O) groups excluding carboxylic acids is 1. The molecule has 0 fully saturated rings. The maximum Gasteiger partial charge on any atom is 0.341 e. The number of ether oxygens (including phenoxy) is 1. The van der Waals surface area contributed by atoms with E-state index in [1.54, 1.807) is 29.2 Å². The Labute approximate surface area is 141 Å². The van der Waals surface area contributed by atoms with Gasteiger partial charge < -0.3 is 14.7 Å². The van der Waals surface area contributed by atoms with Crippen LogP contribution in [-0.4, -0.2) is 30.1 Å². The molecule has 0 atom stereocenters. The Morgan fingerprint density at radius 1 is 1.04 bits per heavy atom. The number of aliphatic carboxylic acids is 1. The van der Waals surface area contributed by atoms with E-state index in [0.29, 0.717) is 17.9 Å². The molecule has 0 radical (unpaired) electrons. The van der Waals surface area contributed by atoms with E-state index in [4.69, 9.17) is 9.84 Å². The minimum absolute atomic E-state index is 0.104. The molecule has 0 bridgehead atoms. The molecule has 0 aliphatic carbocycles. The monoisotopic (exact) mass is 327 g/mol. The third-order valence-corrected chi connectivity index (χ3v) is 3.54. The molecule has 2 aromatic carbocycles. The fourth-order valence-electron chi connectivity index (χ4n) is 2.54. The minimum Gasteiger partial charge on any atom is -0.482 e. The number of nitrogens with zero attached hydrogens (tertiary/aromatic N) is 1. The number of carboxylic acids is 1. The fourth-order valence-corrected chi connectivity index (χ4v) is 2.54. The lowest BCUT2D eigenvalue weighted by molar-refractivity contribution is -0.139. The van der Waals surface area contributed by atoms with Crippen molar-refractivity contribution in [3.8, 4) is 5.75 Å². The average Bonchev–Trinajstić information content (AvgIpc) is 2.53. The SMILES string of the molecule is CCN(C(=O)c1ccc(OCC(=O)O)cc1)c1cc(C)cc(C)c1. The van der Waals surface area contributed by atoms with Gasteiger partial charge in [0.1, 0.15) is 5.75 Å². The molecule has 0 spiro atoms. The van der Waals surface area contributed by atoms with Crippen molar-refractivity contribution < 1.29 is 19.4 Å². The van der Waals surface area contributed by atoms with Crippen LogP contribution in [0.15, 0.2) is 42.5 Å². The molecule has 0 saturated carbocycles. The van der Waals surface area contributed by atoms with E-state index in [1.807, 2.05) is 32.9 Å². The van der Waals surface area contributed by atoms with Crippen LogP contribution in [0.3, 0.4) is 0 Å². The van der Waals surface area contributed by atoms with Crippen molar-refractivity contribution in [3.05, 3.63) is 59.2 Å². The van der Waals surface area contributed by atoms with Gasteiger partial charge in [-0.1, -0.05) is 6.07 Å².